The zero-order chi connectivity index (χ0) is 17.6. The van der Waals surface area contributed by atoms with Gasteiger partial charge in [0.05, 0.1) is 12.1 Å². The Morgan fingerprint density at radius 3 is 2.72 bits per heavy atom. The molecular formula is C20H31N3O2. The highest BCUT2D eigenvalue weighted by atomic mass is 16.5. The second-order valence-corrected chi connectivity index (χ2v) is 7.42. The lowest BCUT2D eigenvalue weighted by Crippen LogP contribution is -2.46. The van der Waals surface area contributed by atoms with Crippen LogP contribution < -0.4 is 5.32 Å². The minimum absolute atomic E-state index is 0.0224. The first-order chi connectivity index (χ1) is 12.2. The lowest BCUT2D eigenvalue weighted by Gasteiger charge is -2.32. The first kappa shape index (κ1) is 18.4. The Morgan fingerprint density at radius 2 is 1.96 bits per heavy atom. The highest BCUT2D eigenvalue weighted by molar-refractivity contribution is 5.94. The fourth-order valence-electron chi connectivity index (χ4n) is 3.87. The van der Waals surface area contributed by atoms with E-state index in [0.717, 1.165) is 57.5 Å². The maximum absolute atomic E-state index is 12.7. The van der Waals surface area contributed by atoms with Crippen LogP contribution in [0.3, 0.4) is 0 Å². The summed E-state index contributed by atoms with van der Waals surface area (Å²) in [4.78, 5) is 17.5. The predicted molar refractivity (Wildman–Crippen MR) is 99.7 cm³/mol. The van der Waals surface area contributed by atoms with E-state index in [1.54, 1.807) is 7.11 Å². The third kappa shape index (κ3) is 5.03. The SMILES string of the molecule is COC1CCCCC1NC(=O)c1cccc(CN2CCN(C)CC2)c1. The topological polar surface area (TPSA) is 44.8 Å². The van der Waals surface area contributed by atoms with E-state index < -0.39 is 0 Å². The summed E-state index contributed by atoms with van der Waals surface area (Å²) < 4.78 is 5.55. The van der Waals surface area contributed by atoms with Crippen molar-refractivity contribution in [3.63, 3.8) is 0 Å². The molecule has 1 N–H and O–H groups in total. The van der Waals surface area contributed by atoms with E-state index in [4.69, 9.17) is 4.74 Å². The summed E-state index contributed by atoms with van der Waals surface area (Å²) in [6, 6.07) is 8.20. The molecule has 2 unspecified atom stereocenters. The van der Waals surface area contributed by atoms with Gasteiger partial charge in [0, 0.05) is 45.4 Å². The van der Waals surface area contributed by atoms with Crippen molar-refractivity contribution < 1.29 is 9.53 Å². The molecule has 0 radical (unpaired) electrons. The summed E-state index contributed by atoms with van der Waals surface area (Å²) in [6.45, 7) is 5.31. The van der Waals surface area contributed by atoms with Crippen LogP contribution in [0.4, 0.5) is 0 Å². The van der Waals surface area contributed by atoms with E-state index in [2.05, 4.69) is 28.2 Å². The Balaban J connectivity index is 1.59. The van der Waals surface area contributed by atoms with Crippen molar-refractivity contribution in [2.24, 2.45) is 0 Å². The first-order valence-electron chi connectivity index (χ1n) is 9.49. The van der Waals surface area contributed by atoms with Gasteiger partial charge in [-0.05, 0) is 37.6 Å². The van der Waals surface area contributed by atoms with Crippen molar-refractivity contribution in [3.05, 3.63) is 35.4 Å². The van der Waals surface area contributed by atoms with Crippen LogP contribution in [0.15, 0.2) is 24.3 Å². The van der Waals surface area contributed by atoms with Gasteiger partial charge in [-0.15, -0.1) is 0 Å². The summed E-state index contributed by atoms with van der Waals surface area (Å²) in [5.41, 5.74) is 1.97. The molecule has 1 aliphatic carbocycles. The molecule has 1 amide bonds. The van der Waals surface area contributed by atoms with Gasteiger partial charge < -0.3 is 15.0 Å². The van der Waals surface area contributed by atoms with Crippen molar-refractivity contribution in [2.75, 3.05) is 40.3 Å². The summed E-state index contributed by atoms with van der Waals surface area (Å²) in [5.74, 6) is 0.0224. The summed E-state index contributed by atoms with van der Waals surface area (Å²) in [6.07, 6.45) is 4.53. The zero-order valence-electron chi connectivity index (χ0n) is 15.5. The van der Waals surface area contributed by atoms with Gasteiger partial charge in [-0.2, -0.15) is 0 Å². The molecule has 25 heavy (non-hydrogen) atoms. The lowest BCUT2D eigenvalue weighted by atomic mass is 9.92. The molecule has 1 aliphatic heterocycles. The maximum Gasteiger partial charge on any atom is 0.251 e. The first-order valence-corrected chi connectivity index (χ1v) is 9.49. The number of rotatable bonds is 5. The van der Waals surface area contributed by atoms with Crippen LogP contribution in [0.25, 0.3) is 0 Å². The highest BCUT2D eigenvalue weighted by Gasteiger charge is 2.26. The van der Waals surface area contributed by atoms with Gasteiger partial charge in [-0.3, -0.25) is 9.69 Å². The highest BCUT2D eigenvalue weighted by Crippen LogP contribution is 2.21. The fourth-order valence-corrected chi connectivity index (χ4v) is 3.87. The molecule has 0 spiro atoms. The largest absolute Gasteiger partial charge is 0.379 e. The van der Waals surface area contributed by atoms with E-state index in [1.165, 1.54) is 12.0 Å². The normalized spacial score (nSPS) is 25.7. The minimum Gasteiger partial charge on any atom is -0.379 e. The summed E-state index contributed by atoms with van der Waals surface area (Å²) >= 11 is 0. The van der Waals surface area contributed by atoms with Crippen molar-refractivity contribution >= 4 is 5.91 Å². The molecule has 5 heteroatoms. The predicted octanol–water partition coefficient (Wildman–Crippen LogP) is 2.12. The number of methoxy groups -OCH3 is 1. The monoisotopic (exact) mass is 345 g/mol. The van der Waals surface area contributed by atoms with Crippen LogP contribution in [0.5, 0.6) is 0 Å². The van der Waals surface area contributed by atoms with Gasteiger partial charge in [-0.25, -0.2) is 0 Å². The van der Waals surface area contributed by atoms with Crippen molar-refractivity contribution in [3.8, 4) is 0 Å². The van der Waals surface area contributed by atoms with Crippen LogP contribution >= 0.6 is 0 Å². The van der Waals surface area contributed by atoms with Crippen LogP contribution in [0, 0.1) is 0 Å². The molecular weight excluding hydrogens is 314 g/mol. The van der Waals surface area contributed by atoms with Gasteiger partial charge in [0.25, 0.3) is 5.91 Å². The number of amides is 1. The molecule has 1 heterocycles. The number of benzene rings is 1. The van der Waals surface area contributed by atoms with Crippen LogP contribution in [-0.2, 0) is 11.3 Å². The number of piperazine rings is 1. The lowest BCUT2D eigenvalue weighted by molar-refractivity contribution is 0.0392. The molecule has 5 nitrogen and oxygen atoms in total. The van der Waals surface area contributed by atoms with E-state index in [0.29, 0.717) is 0 Å². The molecule has 0 aromatic heterocycles. The second-order valence-electron chi connectivity index (χ2n) is 7.42. The number of likely N-dealkylation sites (N-methyl/N-ethyl adjacent to an activating group) is 1. The zero-order valence-corrected chi connectivity index (χ0v) is 15.5. The maximum atomic E-state index is 12.7. The molecule has 1 aromatic carbocycles. The number of nitrogens with one attached hydrogen (secondary N) is 1. The Kier molecular flexibility index (Phi) is 6.45. The summed E-state index contributed by atoms with van der Waals surface area (Å²) in [7, 11) is 3.91. The molecule has 138 valence electrons. The van der Waals surface area contributed by atoms with Crippen LogP contribution in [-0.4, -0.2) is 68.2 Å². The van der Waals surface area contributed by atoms with E-state index in [9.17, 15) is 4.79 Å². The molecule has 1 aromatic rings. The quantitative estimate of drug-likeness (QED) is 0.888. The number of hydrogen-bond acceptors (Lipinski definition) is 4. The van der Waals surface area contributed by atoms with E-state index in [1.807, 2.05) is 18.2 Å². The molecule has 2 atom stereocenters. The molecule has 1 saturated heterocycles. The van der Waals surface area contributed by atoms with Gasteiger partial charge in [0.15, 0.2) is 0 Å². The average Bonchev–Trinajstić information content (AvgIpc) is 2.64. The number of carbonyl (C=O) groups excluding carboxylic acids is 1. The third-order valence-electron chi connectivity index (χ3n) is 5.51. The number of ether oxygens (including phenoxy) is 1. The molecule has 1 saturated carbocycles. The Morgan fingerprint density at radius 1 is 1.20 bits per heavy atom. The van der Waals surface area contributed by atoms with Crippen LogP contribution in [0.2, 0.25) is 0 Å². The smallest absolute Gasteiger partial charge is 0.251 e. The van der Waals surface area contributed by atoms with Crippen molar-refractivity contribution in [1.82, 2.24) is 15.1 Å². The molecule has 0 bridgehead atoms. The van der Waals surface area contributed by atoms with Gasteiger partial charge in [0.2, 0.25) is 0 Å². The third-order valence-corrected chi connectivity index (χ3v) is 5.51. The Labute approximate surface area is 151 Å². The molecule has 3 rings (SSSR count). The minimum atomic E-state index is 0.0224. The van der Waals surface area contributed by atoms with Gasteiger partial charge in [-0.1, -0.05) is 25.0 Å². The number of carbonyl (C=O) groups is 1. The number of hydrogen-bond donors (Lipinski definition) is 1. The standard InChI is InChI=1S/C20H31N3O2/c1-22-10-12-23(13-11-22)15-16-6-5-7-17(14-16)20(24)21-18-8-3-4-9-19(18)25-2/h5-7,14,18-19H,3-4,8-13,15H2,1-2H3,(H,21,24). The van der Waals surface area contributed by atoms with Crippen molar-refractivity contribution in [2.45, 2.75) is 44.4 Å². The van der Waals surface area contributed by atoms with E-state index >= 15 is 0 Å². The van der Waals surface area contributed by atoms with E-state index in [-0.39, 0.29) is 18.1 Å². The van der Waals surface area contributed by atoms with Crippen LogP contribution in [0.1, 0.15) is 41.6 Å². The summed E-state index contributed by atoms with van der Waals surface area (Å²) in [5, 5.41) is 3.19. The van der Waals surface area contributed by atoms with Crippen molar-refractivity contribution in [1.29, 1.82) is 0 Å². The van der Waals surface area contributed by atoms with Gasteiger partial charge >= 0.3 is 0 Å². The van der Waals surface area contributed by atoms with Gasteiger partial charge in [0.1, 0.15) is 0 Å². The fraction of sp³-hybridized carbons (Fsp3) is 0.650. The molecule has 2 aliphatic rings. The Bertz CT molecular complexity index is 570. The molecule has 2 fully saturated rings. The second kappa shape index (κ2) is 8.79. The number of nitrogens with zero attached hydrogens (tertiary/aromatic N) is 2. The average molecular weight is 345 g/mol. The Hall–Kier alpha value is -1.43.